The van der Waals surface area contributed by atoms with Crippen LogP contribution in [-0.4, -0.2) is 22.1 Å². The molecule has 2 rings (SSSR count). The van der Waals surface area contributed by atoms with Gasteiger partial charge >= 0.3 is 0 Å². The molecule has 0 aliphatic carbocycles. The number of aryl methyl sites for hydroxylation is 1. The highest BCUT2D eigenvalue weighted by Crippen LogP contribution is 2.21. The van der Waals surface area contributed by atoms with E-state index in [-0.39, 0.29) is 17.4 Å². The van der Waals surface area contributed by atoms with Crippen LogP contribution in [0.1, 0.15) is 24.6 Å². The summed E-state index contributed by atoms with van der Waals surface area (Å²) >= 11 is 0. The third-order valence-electron chi connectivity index (χ3n) is 2.38. The predicted octanol–water partition coefficient (Wildman–Crippen LogP) is 1.25. The van der Waals surface area contributed by atoms with Gasteiger partial charge in [-0.3, -0.25) is 4.79 Å². The molecule has 2 aromatic heterocycles. The lowest BCUT2D eigenvalue weighted by atomic mass is 10.3. The number of hydrogen-bond donors (Lipinski definition) is 2. The summed E-state index contributed by atoms with van der Waals surface area (Å²) in [6.07, 6.45) is 2.94. The summed E-state index contributed by atoms with van der Waals surface area (Å²) in [7, 11) is 1.41. The van der Waals surface area contributed by atoms with E-state index in [0.717, 1.165) is 5.76 Å². The fourth-order valence-electron chi connectivity index (χ4n) is 1.52. The molecular weight excluding hydrogens is 236 g/mol. The van der Waals surface area contributed by atoms with Crippen molar-refractivity contribution < 1.29 is 9.15 Å². The Morgan fingerprint density at radius 2 is 2.28 bits per heavy atom. The average Bonchev–Trinajstić information content (AvgIpc) is 2.76. The van der Waals surface area contributed by atoms with Gasteiger partial charge in [0.05, 0.1) is 19.6 Å². The topological polar surface area (TPSA) is 93.0 Å². The van der Waals surface area contributed by atoms with Gasteiger partial charge < -0.3 is 19.5 Å². The Morgan fingerprint density at radius 1 is 1.50 bits per heavy atom. The molecule has 2 heterocycles. The SMILES string of the molecule is COc1c(NC(C)c2ncc(C)o2)nc[nH]c1=O. The number of nitrogens with one attached hydrogen (secondary N) is 2. The van der Waals surface area contributed by atoms with Gasteiger partial charge in [-0.2, -0.15) is 0 Å². The van der Waals surface area contributed by atoms with Crippen molar-refractivity contribution in [3.63, 3.8) is 0 Å². The molecule has 0 spiro atoms. The van der Waals surface area contributed by atoms with E-state index < -0.39 is 0 Å². The van der Waals surface area contributed by atoms with Crippen molar-refractivity contribution in [2.24, 2.45) is 0 Å². The number of nitrogens with zero attached hydrogens (tertiary/aromatic N) is 2. The zero-order valence-corrected chi connectivity index (χ0v) is 10.4. The molecule has 1 atom stereocenters. The number of rotatable bonds is 4. The smallest absolute Gasteiger partial charge is 0.295 e. The van der Waals surface area contributed by atoms with Crippen LogP contribution in [0.4, 0.5) is 5.82 Å². The third kappa shape index (κ3) is 2.34. The molecule has 0 saturated heterocycles. The predicted molar refractivity (Wildman–Crippen MR) is 64.7 cm³/mol. The van der Waals surface area contributed by atoms with E-state index in [1.165, 1.54) is 13.4 Å². The van der Waals surface area contributed by atoms with Crippen LogP contribution < -0.4 is 15.6 Å². The highest BCUT2D eigenvalue weighted by Gasteiger charge is 2.15. The first-order valence-corrected chi connectivity index (χ1v) is 5.42. The van der Waals surface area contributed by atoms with E-state index in [0.29, 0.717) is 11.7 Å². The molecule has 0 saturated carbocycles. The van der Waals surface area contributed by atoms with Gasteiger partial charge in [0.25, 0.3) is 5.56 Å². The van der Waals surface area contributed by atoms with Gasteiger partial charge in [-0.05, 0) is 13.8 Å². The van der Waals surface area contributed by atoms with Crippen LogP contribution in [0.3, 0.4) is 0 Å². The second-order valence-electron chi connectivity index (χ2n) is 3.79. The van der Waals surface area contributed by atoms with Gasteiger partial charge in [-0.25, -0.2) is 9.97 Å². The lowest BCUT2D eigenvalue weighted by molar-refractivity contribution is 0.406. The van der Waals surface area contributed by atoms with Gasteiger partial charge in [0.2, 0.25) is 11.6 Å². The summed E-state index contributed by atoms with van der Waals surface area (Å²) in [6, 6.07) is -0.220. The van der Waals surface area contributed by atoms with Crippen molar-refractivity contribution in [3.8, 4) is 5.75 Å². The molecule has 18 heavy (non-hydrogen) atoms. The molecule has 7 heteroatoms. The molecule has 0 aliphatic heterocycles. The maximum atomic E-state index is 11.5. The molecule has 0 fully saturated rings. The first-order valence-electron chi connectivity index (χ1n) is 5.42. The zero-order chi connectivity index (χ0) is 13.1. The minimum atomic E-state index is -0.342. The van der Waals surface area contributed by atoms with E-state index in [2.05, 4.69) is 20.3 Å². The van der Waals surface area contributed by atoms with Crippen LogP contribution in [0.2, 0.25) is 0 Å². The number of aromatic amines is 1. The summed E-state index contributed by atoms with van der Waals surface area (Å²) in [6.45, 7) is 3.67. The van der Waals surface area contributed by atoms with Gasteiger partial charge in [-0.15, -0.1) is 0 Å². The second kappa shape index (κ2) is 4.91. The highest BCUT2D eigenvalue weighted by atomic mass is 16.5. The summed E-state index contributed by atoms with van der Waals surface area (Å²) in [5.74, 6) is 1.73. The minimum Gasteiger partial charge on any atom is -0.489 e. The normalized spacial score (nSPS) is 12.2. The average molecular weight is 250 g/mol. The summed E-state index contributed by atoms with van der Waals surface area (Å²) < 4.78 is 10.4. The van der Waals surface area contributed by atoms with E-state index in [1.807, 2.05) is 13.8 Å². The van der Waals surface area contributed by atoms with E-state index in [4.69, 9.17) is 9.15 Å². The fraction of sp³-hybridized carbons (Fsp3) is 0.364. The molecule has 7 nitrogen and oxygen atoms in total. The van der Waals surface area contributed by atoms with Crippen molar-refractivity contribution in [2.45, 2.75) is 19.9 Å². The van der Waals surface area contributed by atoms with Gasteiger partial charge in [-0.1, -0.05) is 0 Å². The molecular formula is C11H14N4O3. The Morgan fingerprint density at radius 3 is 2.89 bits per heavy atom. The maximum absolute atomic E-state index is 11.5. The summed E-state index contributed by atoms with van der Waals surface area (Å²) in [5, 5.41) is 3.02. The number of aromatic nitrogens is 3. The first kappa shape index (κ1) is 12.2. The van der Waals surface area contributed by atoms with Crippen LogP contribution >= 0.6 is 0 Å². The lowest BCUT2D eigenvalue weighted by Crippen LogP contribution is -2.16. The van der Waals surface area contributed by atoms with Crippen molar-refractivity contribution in [1.82, 2.24) is 15.0 Å². The first-order chi connectivity index (χ1) is 8.61. The van der Waals surface area contributed by atoms with Gasteiger partial charge in [0, 0.05) is 0 Å². The molecule has 2 aromatic rings. The molecule has 0 aromatic carbocycles. The van der Waals surface area contributed by atoms with Crippen molar-refractivity contribution in [2.75, 3.05) is 12.4 Å². The Kier molecular flexibility index (Phi) is 3.31. The molecule has 0 bridgehead atoms. The Labute approximate surface area is 103 Å². The molecule has 2 N–H and O–H groups in total. The third-order valence-corrected chi connectivity index (χ3v) is 2.38. The molecule has 0 radical (unpaired) electrons. The van der Waals surface area contributed by atoms with Crippen molar-refractivity contribution >= 4 is 5.82 Å². The van der Waals surface area contributed by atoms with Crippen LogP contribution in [0.15, 0.2) is 21.7 Å². The number of hydrogen-bond acceptors (Lipinski definition) is 6. The second-order valence-corrected chi connectivity index (χ2v) is 3.79. The fourth-order valence-corrected chi connectivity index (χ4v) is 1.52. The van der Waals surface area contributed by atoms with E-state index in [9.17, 15) is 4.79 Å². The molecule has 1 unspecified atom stereocenters. The molecule has 0 aliphatic rings. The Hall–Kier alpha value is -2.31. The number of ether oxygens (including phenoxy) is 1. The van der Waals surface area contributed by atoms with Crippen LogP contribution in [0, 0.1) is 6.92 Å². The van der Waals surface area contributed by atoms with Crippen LogP contribution in [0.25, 0.3) is 0 Å². The van der Waals surface area contributed by atoms with Gasteiger partial charge in [0.1, 0.15) is 11.8 Å². The molecule has 96 valence electrons. The largest absolute Gasteiger partial charge is 0.489 e. The number of anilines is 1. The standard InChI is InChI=1S/C11H14N4O3/c1-6-4-12-11(18-6)7(2)15-9-8(17-3)10(16)14-5-13-9/h4-5,7H,1-3H3,(H2,13,14,15,16). The monoisotopic (exact) mass is 250 g/mol. The van der Waals surface area contributed by atoms with E-state index >= 15 is 0 Å². The summed E-state index contributed by atoms with van der Waals surface area (Å²) in [4.78, 5) is 22.1. The van der Waals surface area contributed by atoms with Gasteiger partial charge in [0.15, 0.2) is 5.82 Å². The lowest BCUT2D eigenvalue weighted by Gasteiger charge is -2.12. The van der Waals surface area contributed by atoms with Crippen LogP contribution in [-0.2, 0) is 0 Å². The zero-order valence-electron chi connectivity index (χ0n) is 10.4. The van der Waals surface area contributed by atoms with E-state index in [1.54, 1.807) is 6.20 Å². The summed E-state index contributed by atoms with van der Waals surface area (Å²) in [5.41, 5.74) is -0.342. The van der Waals surface area contributed by atoms with Crippen LogP contribution in [0.5, 0.6) is 5.75 Å². The van der Waals surface area contributed by atoms with Crippen molar-refractivity contribution in [1.29, 1.82) is 0 Å². The minimum absolute atomic E-state index is 0.132. The Bertz CT molecular complexity index is 590. The highest BCUT2D eigenvalue weighted by molar-refractivity contribution is 5.48. The molecule has 0 amide bonds. The van der Waals surface area contributed by atoms with Crippen molar-refractivity contribution in [3.05, 3.63) is 34.5 Å². The quantitative estimate of drug-likeness (QED) is 0.848. The number of methoxy groups -OCH3 is 1. The number of H-pyrrole nitrogens is 1. The maximum Gasteiger partial charge on any atom is 0.295 e. The number of oxazole rings is 1. The Balaban J connectivity index is 2.24.